The number of hydrogen-bond donors (Lipinski definition) is 0. The lowest BCUT2D eigenvalue weighted by molar-refractivity contribution is 0.102. The molecular weight excluding hydrogens is 352 g/mol. The van der Waals surface area contributed by atoms with Gasteiger partial charge in [0.2, 0.25) is 5.16 Å². The fraction of sp³-hybridized carbons (Fsp3) is 0.222. The predicted molar refractivity (Wildman–Crippen MR) is 102 cm³/mol. The third-order valence-electron chi connectivity index (χ3n) is 3.93. The quantitative estimate of drug-likeness (QED) is 0.372. The van der Waals surface area contributed by atoms with Gasteiger partial charge in [-0.25, -0.2) is 4.98 Å². The summed E-state index contributed by atoms with van der Waals surface area (Å²) < 4.78 is 2.19. The van der Waals surface area contributed by atoms with Crippen molar-refractivity contribution >= 4 is 50.9 Å². The third kappa shape index (κ3) is 3.05. The predicted octanol–water partition coefficient (Wildman–Crippen LogP) is 4.43. The molecule has 0 N–H and O–H groups in total. The van der Waals surface area contributed by atoms with E-state index in [1.54, 1.807) is 0 Å². The van der Waals surface area contributed by atoms with E-state index in [1.807, 2.05) is 35.7 Å². The molecule has 0 atom stereocenters. The summed E-state index contributed by atoms with van der Waals surface area (Å²) in [6.07, 6.45) is 1.01. The van der Waals surface area contributed by atoms with Crippen molar-refractivity contribution in [3.8, 4) is 0 Å². The van der Waals surface area contributed by atoms with Crippen LogP contribution in [0.4, 0.5) is 0 Å². The summed E-state index contributed by atoms with van der Waals surface area (Å²) in [5, 5.41) is 12.1. The highest BCUT2D eigenvalue weighted by atomic mass is 32.2. The Labute approximate surface area is 153 Å². The van der Waals surface area contributed by atoms with Gasteiger partial charge in [0.15, 0.2) is 11.4 Å². The van der Waals surface area contributed by atoms with Crippen molar-refractivity contribution in [1.82, 2.24) is 19.7 Å². The number of fused-ring (bicyclic) bond motifs is 3. The summed E-state index contributed by atoms with van der Waals surface area (Å²) in [5.74, 6) is 0.416. The van der Waals surface area contributed by atoms with E-state index in [2.05, 4.69) is 32.7 Å². The normalized spacial score (nSPS) is 11.4. The minimum absolute atomic E-state index is 0.0952. The number of para-hydroxylation sites is 1. The molecule has 126 valence electrons. The fourth-order valence-electron chi connectivity index (χ4n) is 2.84. The number of hydrogen-bond acceptors (Lipinski definition) is 6. The van der Waals surface area contributed by atoms with Gasteiger partial charge in [0.1, 0.15) is 5.52 Å². The van der Waals surface area contributed by atoms with Gasteiger partial charge in [-0.3, -0.25) is 4.79 Å². The number of aryl methyl sites for hydroxylation is 1. The Kier molecular flexibility index (Phi) is 4.50. The lowest BCUT2D eigenvalue weighted by Crippen LogP contribution is -2.03. The van der Waals surface area contributed by atoms with Crippen LogP contribution in [0.2, 0.25) is 0 Å². The van der Waals surface area contributed by atoms with Gasteiger partial charge in [-0.2, -0.15) is 0 Å². The van der Waals surface area contributed by atoms with Gasteiger partial charge >= 0.3 is 0 Å². The molecule has 0 aliphatic carbocycles. The molecule has 3 heterocycles. The molecule has 3 aromatic heterocycles. The standard InChI is InChI=1S/C18H16N4OS2/c1-2-9-22-13-7-4-3-6-12(13)16-17(22)19-18(21-20-16)25-11-14(23)15-8-5-10-24-15/h3-8,10H,2,9,11H2,1H3. The number of nitrogens with zero attached hydrogens (tertiary/aromatic N) is 4. The summed E-state index contributed by atoms with van der Waals surface area (Å²) in [7, 11) is 0. The van der Waals surface area contributed by atoms with E-state index in [0.29, 0.717) is 10.9 Å². The molecule has 0 fully saturated rings. The highest BCUT2D eigenvalue weighted by Gasteiger charge is 2.15. The maximum Gasteiger partial charge on any atom is 0.211 e. The molecule has 0 aliphatic heterocycles. The van der Waals surface area contributed by atoms with Crippen LogP contribution in [0, 0.1) is 0 Å². The zero-order chi connectivity index (χ0) is 17.2. The summed E-state index contributed by atoms with van der Waals surface area (Å²) >= 11 is 2.79. The monoisotopic (exact) mass is 368 g/mol. The number of aromatic nitrogens is 4. The van der Waals surface area contributed by atoms with Gasteiger partial charge in [-0.05, 0) is 23.9 Å². The van der Waals surface area contributed by atoms with Crippen LogP contribution in [0.5, 0.6) is 0 Å². The zero-order valence-electron chi connectivity index (χ0n) is 13.7. The van der Waals surface area contributed by atoms with Gasteiger partial charge in [0.05, 0.1) is 16.1 Å². The number of carbonyl (C=O) groups is 1. The number of rotatable bonds is 6. The minimum Gasteiger partial charge on any atom is -0.324 e. The molecule has 0 unspecified atom stereocenters. The van der Waals surface area contributed by atoms with Crippen LogP contribution in [0.1, 0.15) is 23.0 Å². The van der Waals surface area contributed by atoms with Crippen LogP contribution >= 0.6 is 23.1 Å². The van der Waals surface area contributed by atoms with Crippen LogP contribution in [-0.2, 0) is 6.54 Å². The van der Waals surface area contributed by atoms with Gasteiger partial charge in [-0.1, -0.05) is 43.0 Å². The second-order valence-corrected chi connectivity index (χ2v) is 7.51. The van der Waals surface area contributed by atoms with Crippen molar-refractivity contribution in [1.29, 1.82) is 0 Å². The molecular formula is C18H16N4OS2. The molecule has 7 heteroatoms. The minimum atomic E-state index is 0.0952. The number of ketones is 1. The largest absolute Gasteiger partial charge is 0.324 e. The van der Waals surface area contributed by atoms with Crippen molar-refractivity contribution < 1.29 is 4.79 Å². The van der Waals surface area contributed by atoms with Crippen LogP contribution in [0.15, 0.2) is 46.9 Å². The maximum absolute atomic E-state index is 12.2. The second kappa shape index (κ2) is 6.93. The molecule has 5 nitrogen and oxygen atoms in total. The molecule has 0 bridgehead atoms. The van der Waals surface area contributed by atoms with Crippen LogP contribution in [0.3, 0.4) is 0 Å². The Morgan fingerprint density at radius 2 is 2.08 bits per heavy atom. The summed E-state index contributed by atoms with van der Waals surface area (Å²) in [6, 6.07) is 11.9. The Bertz CT molecular complexity index is 1040. The van der Waals surface area contributed by atoms with Crippen molar-refractivity contribution in [2.24, 2.45) is 0 Å². The lowest BCUT2D eigenvalue weighted by Gasteiger charge is -2.04. The Morgan fingerprint density at radius 1 is 1.20 bits per heavy atom. The van der Waals surface area contributed by atoms with E-state index in [4.69, 9.17) is 0 Å². The number of benzene rings is 1. The summed E-state index contributed by atoms with van der Waals surface area (Å²) in [6.45, 7) is 3.02. The van der Waals surface area contributed by atoms with Crippen molar-refractivity contribution in [2.45, 2.75) is 25.0 Å². The molecule has 1 aromatic carbocycles. The first-order valence-electron chi connectivity index (χ1n) is 8.09. The van der Waals surface area contributed by atoms with Gasteiger partial charge in [-0.15, -0.1) is 21.5 Å². The Hall–Kier alpha value is -2.25. The first-order valence-corrected chi connectivity index (χ1v) is 9.95. The third-order valence-corrected chi connectivity index (χ3v) is 5.68. The number of Topliss-reactive ketones (excluding diaryl/α,β-unsaturated/α-hetero) is 1. The van der Waals surface area contributed by atoms with E-state index in [9.17, 15) is 4.79 Å². The van der Waals surface area contributed by atoms with Gasteiger partial charge in [0.25, 0.3) is 0 Å². The number of thiophene rings is 1. The lowest BCUT2D eigenvalue weighted by atomic mass is 10.2. The molecule has 0 saturated carbocycles. The average Bonchev–Trinajstić information content (AvgIpc) is 3.28. The van der Waals surface area contributed by atoms with Crippen LogP contribution < -0.4 is 0 Å². The van der Waals surface area contributed by atoms with E-state index < -0.39 is 0 Å². The van der Waals surface area contributed by atoms with Crippen molar-refractivity contribution in [2.75, 3.05) is 5.75 Å². The first kappa shape index (κ1) is 16.2. The Balaban J connectivity index is 1.68. The molecule has 0 amide bonds. The summed E-state index contributed by atoms with van der Waals surface area (Å²) in [4.78, 5) is 17.6. The molecule has 4 aromatic rings. The second-order valence-electron chi connectivity index (χ2n) is 5.62. The molecule has 0 spiro atoms. The smallest absolute Gasteiger partial charge is 0.211 e. The summed E-state index contributed by atoms with van der Waals surface area (Å²) in [5.41, 5.74) is 2.78. The molecule has 0 aliphatic rings. The van der Waals surface area contributed by atoms with Crippen LogP contribution in [0.25, 0.3) is 22.1 Å². The highest BCUT2D eigenvalue weighted by Crippen LogP contribution is 2.27. The highest BCUT2D eigenvalue weighted by molar-refractivity contribution is 7.99. The van der Waals surface area contributed by atoms with E-state index in [0.717, 1.165) is 39.9 Å². The maximum atomic E-state index is 12.2. The number of thioether (sulfide) groups is 1. The SMILES string of the molecule is CCCn1c2ccccc2c2nnc(SCC(=O)c3cccs3)nc21. The van der Waals surface area contributed by atoms with Crippen molar-refractivity contribution in [3.63, 3.8) is 0 Å². The number of carbonyl (C=O) groups excluding carboxylic acids is 1. The topological polar surface area (TPSA) is 60.7 Å². The van der Waals surface area contributed by atoms with Crippen molar-refractivity contribution in [3.05, 3.63) is 46.7 Å². The van der Waals surface area contributed by atoms with E-state index >= 15 is 0 Å². The van der Waals surface area contributed by atoms with Crippen LogP contribution in [-0.4, -0.2) is 31.3 Å². The van der Waals surface area contributed by atoms with Gasteiger partial charge < -0.3 is 4.57 Å². The first-order chi connectivity index (χ1) is 12.3. The van der Waals surface area contributed by atoms with Gasteiger partial charge in [0, 0.05) is 11.9 Å². The molecule has 0 radical (unpaired) electrons. The van der Waals surface area contributed by atoms with E-state index in [1.165, 1.54) is 23.1 Å². The molecule has 25 heavy (non-hydrogen) atoms. The zero-order valence-corrected chi connectivity index (χ0v) is 15.3. The van der Waals surface area contributed by atoms with E-state index in [-0.39, 0.29) is 5.78 Å². The molecule has 0 saturated heterocycles. The molecule has 4 rings (SSSR count). The average molecular weight is 368 g/mol. The Morgan fingerprint density at radius 3 is 2.88 bits per heavy atom. The fourth-order valence-corrected chi connectivity index (χ4v) is 4.26.